The van der Waals surface area contributed by atoms with E-state index in [1.54, 1.807) is 11.1 Å². The molecule has 254 valence electrons. The lowest BCUT2D eigenvalue weighted by atomic mass is 9.67. The first kappa shape index (κ1) is 31.3. The molecule has 1 heteroatoms. The molecule has 10 rings (SSSR count). The number of hydrogen-bond donors (Lipinski definition) is 0. The van der Waals surface area contributed by atoms with Gasteiger partial charge in [0.05, 0.1) is 0 Å². The van der Waals surface area contributed by atoms with Crippen LogP contribution in [0.3, 0.4) is 0 Å². The van der Waals surface area contributed by atoms with Crippen molar-refractivity contribution in [3.63, 3.8) is 0 Å². The normalized spacial score (nSPS) is 23.1. The minimum absolute atomic E-state index is 0.253. The molecule has 4 atom stereocenters. The number of allylic oxidation sites excluding steroid dienone is 10. The summed E-state index contributed by atoms with van der Waals surface area (Å²) in [5, 5.41) is 7.88. The number of hydrogen-bond acceptors (Lipinski definition) is 1. The zero-order valence-electron chi connectivity index (χ0n) is 29.9. The van der Waals surface area contributed by atoms with Crippen LogP contribution >= 0.6 is 0 Å². The van der Waals surface area contributed by atoms with Gasteiger partial charge in [0.2, 0.25) is 0 Å². The van der Waals surface area contributed by atoms with Crippen molar-refractivity contribution in [2.45, 2.75) is 51.4 Å². The fourth-order valence-corrected chi connectivity index (χ4v) is 9.99. The summed E-state index contributed by atoms with van der Waals surface area (Å²) >= 11 is 0. The first-order chi connectivity index (χ1) is 25.6. The summed E-state index contributed by atoms with van der Waals surface area (Å²) in [6, 6.07) is 29.4. The molecule has 1 nitrogen and oxygen atoms in total. The molecule has 0 fully saturated rings. The highest BCUT2D eigenvalue weighted by molar-refractivity contribution is 6.06. The smallest absolute Gasteiger partial charge is 0.136 e. The molecule has 1 heterocycles. The van der Waals surface area contributed by atoms with E-state index in [1.807, 2.05) is 0 Å². The van der Waals surface area contributed by atoms with Gasteiger partial charge in [-0.25, -0.2) is 0 Å². The number of rotatable bonds is 6. The Morgan fingerprint density at radius 3 is 2.69 bits per heavy atom. The summed E-state index contributed by atoms with van der Waals surface area (Å²) in [6.45, 7) is 6.68. The van der Waals surface area contributed by atoms with Crippen LogP contribution in [0.15, 0.2) is 149 Å². The molecule has 0 saturated heterocycles. The Morgan fingerprint density at radius 2 is 1.75 bits per heavy atom. The minimum atomic E-state index is 0.253. The first-order valence-electron chi connectivity index (χ1n) is 19.3. The monoisotopic (exact) mass is 672 g/mol. The summed E-state index contributed by atoms with van der Waals surface area (Å²) in [5.41, 5.74) is 13.7. The van der Waals surface area contributed by atoms with E-state index in [1.165, 1.54) is 65.2 Å². The largest absolute Gasteiger partial charge is 0.456 e. The Kier molecular flexibility index (Phi) is 7.64. The second-order valence-electron chi connectivity index (χ2n) is 15.4. The van der Waals surface area contributed by atoms with Crippen molar-refractivity contribution in [1.82, 2.24) is 0 Å². The highest BCUT2D eigenvalue weighted by Crippen LogP contribution is 2.45. The molecule has 5 aliphatic rings. The molecule has 4 unspecified atom stereocenters. The summed E-state index contributed by atoms with van der Waals surface area (Å²) in [6.07, 6.45) is 29.7. The molecule has 5 aromatic rings. The molecule has 4 aromatic carbocycles. The molecule has 0 aliphatic heterocycles. The maximum atomic E-state index is 6.58. The van der Waals surface area contributed by atoms with E-state index in [0.29, 0.717) is 17.8 Å². The third-order valence-electron chi connectivity index (χ3n) is 12.6. The molecule has 1 aromatic heterocycles. The van der Waals surface area contributed by atoms with Crippen LogP contribution in [0.5, 0.6) is 0 Å². The van der Waals surface area contributed by atoms with Gasteiger partial charge in [-0.2, -0.15) is 0 Å². The second kappa shape index (κ2) is 12.7. The lowest BCUT2D eigenvalue weighted by Gasteiger charge is -2.37. The van der Waals surface area contributed by atoms with Crippen molar-refractivity contribution in [2.24, 2.45) is 17.8 Å². The maximum absolute atomic E-state index is 6.58. The molecule has 0 N–H and O–H groups in total. The van der Waals surface area contributed by atoms with Crippen LogP contribution in [-0.4, -0.2) is 0 Å². The predicted molar refractivity (Wildman–Crippen MR) is 219 cm³/mol. The first-order valence-corrected chi connectivity index (χ1v) is 19.3. The number of fused-ring (bicyclic) bond motifs is 8. The van der Waals surface area contributed by atoms with Crippen LogP contribution < -0.4 is 21.1 Å². The molecular weight excluding hydrogens is 629 g/mol. The Morgan fingerprint density at radius 1 is 0.846 bits per heavy atom. The lowest BCUT2D eigenvalue weighted by Crippen LogP contribution is -2.41. The Balaban J connectivity index is 1.19. The van der Waals surface area contributed by atoms with Crippen molar-refractivity contribution in [1.29, 1.82) is 0 Å². The fourth-order valence-electron chi connectivity index (χ4n) is 9.99. The second-order valence-corrected chi connectivity index (χ2v) is 15.4. The van der Waals surface area contributed by atoms with E-state index in [9.17, 15) is 0 Å². The third-order valence-corrected chi connectivity index (χ3v) is 12.6. The van der Waals surface area contributed by atoms with Gasteiger partial charge in [-0.3, -0.25) is 0 Å². The van der Waals surface area contributed by atoms with E-state index >= 15 is 0 Å². The summed E-state index contributed by atoms with van der Waals surface area (Å²) < 4.78 is 6.58. The van der Waals surface area contributed by atoms with Crippen LogP contribution in [-0.2, 0) is 6.42 Å². The zero-order chi connectivity index (χ0) is 34.8. The van der Waals surface area contributed by atoms with Crippen LogP contribution in [0.4, 0.5) is 0 Å². The Hall–Kier alpha value is -5.40. The van der Waals surface area contributed by atoms with E-state index in [0.717, 1.165) is 49.5 Å². The van der Waals surface area contributed by atoms with Gasteiger partial charge in [0.25, 0.3) is 0 Å². The summed E-state index contributed by atoms with van der Waals surface area (Å²) in [5.74, 6) is 1.51. The van der Waals surface area contributed by atoms with Gasteiger partial charge in [-0.1, -0.05) is 134 Å². The molecule has 0 radical (unpaired) electrons. The minimum Gasteiger partial charge on any atom is -0.456 e. The molecule has 0 amide bonds. The highest BCUT2D eigenvalue weighted by Gasteiger charge is 2.34. The van der Waals surface area contributed by atoms with Crippen molar-refractivity contribution >= 4 is 51.1 Å². The van der Waals surface area contributed by atoms with Crippen molar-refractivity contribution in [3.05, 3.63) is 182 Å². The number of benzene rings is 4. The van der Waals surface area contributed by atoms with E-state index in [-0.39, 0.29) is 5.92 Å². The average Bonchev–Trinajstić information content (AvgIpc) is 3.58. The van der Waals surface area contributed by atoms with E-state index < -0.39 is 0 Å². The number of aryl methyl sites for hydroxylation is 1. The molecule has 0 saturated carbocycles. The topological polar surface area (TPSA) is 13.1 Å². The summed E-state index contributed by atoms with van der Waals surface area (Å²) in [7, 11) is 0. The molecule has 0 spiro atoms. The standard InChI is InChI=1S/C51H44O/c1-3-4-16-42-32(2)49(40-20-18-33-11-5-7-14-36(33)28-40)46-30-38(22-25-44(46)50(42)41-21-19-34-12-6-8-15-37(34)29-41)39-23-26-45-48(31-39)52-47-27-24-35-13-9-10-17-43(35)51(45)47/h3,5-15,17,19,21-22,24-28,30-32,37,39,42H,1,4,16,18,20,23,29H2,2H3. The van der Waals surface area contributed by atoms with E-state index in [2.05, 4.69) is 153 Å². The zero-order valence-corrected chi connectivity index (χ0v) is 29.9. The Labute approximate surface area is 306 Å². The van der Waals surface area contributed by atoms with Gasteiger partial charge in [0.15, 0.2) is 0 Å². The van der Waals surface area contributed by atoms with Gasteiger partial charge in [-0.15, -0.1) is 6.58 Å². The fraction of sp³-hybridized carbons (Fsp3) is 0.216. The SMILES string of the molecule is C=CCCC1C(C2=CC=C3C=CC=CC3C2)=c2ccc(C3C=c4oc5ccc6ccccc6c5c4=CC3)cc2=C(C2=Cc3ccccc3CC2)C1C. The van der Waals surface area contributed by atoms with Crippen LogP contribution in [0, 0.1) is 17.8 Å². The van der Waals surface area contributed by atoms with Crippen LogP contribution in [0.1, 0.15) is 61.6 Å². The highest BCUT2D eigenvalue weighted by atomic mass is 16.3. The average molecular weight is 673 g/mol. The molecule has 52 heavy (non-hydrogen) atoms. The van der Waals surface area contributed by atoms with Crippen LogP contribution in [0.25, 0.3) is 51.1 Å². The quantitative estimate of drug-likeness (QED) is 0.164. The third kappa shape index (κ3) is 5.13. The van der Waals surface area contributed by atoms with Crippen molar-refractivity contribution in [2.75, 3.05) is 0 Å². The molecule has 5 aliphatic carbocycles. The van der Waals surface area contributed by atoms with Gasteiger partial charge < -0.3 is 4.42 Å². The van der Waals surface area contributed by atoms with Crippen molar-refractivity contribution < 1.29 is 4.42 Å². The van der Waals surface area contributed by atoms with Gasteiger partial charge in [-0.05, 0) is 128 Å². The van der Waals surface area contributed by atoms with Gasteiger partial charge >= 0.3 is 0 Å². The maximum Gasteiger partial charge on any atom is 0.136 e. The van der Waals surface area contributed by atoms with E-state index in [4.69, 9.17) is 4.42 Å². The predicted octanol–water partition coefficient (Wildman–Crippen LogP) is 9.90. The lowest BCUT2D eigenvalue weighted by molar-refractivity contribution is 0.492. The Bertz CT molecular complexity index is 2730. The molecular formula is C51H44O. The van der Waals surface area contributed by atoms with Crippen molar-refractivity contribution in [3.8, 4) is 0 Å². The van der Waals surface area contributed by atoms with Gasteiger partial charge in [0, 0.05) is 22.4 Å². The summed E-state index contributed by atoms with van der Waals surface area (Å²) in [4.78, 5) is 0. The molecule has 0 bridgehead atoms. The van der Waals surface area contributed by atoms with Crippen LogP contribution in [0.2, 0.25) is 0 Å². The number of furan rings is 1. The van der Waals surface area contributed by atoms with Gasteiger partial charge in [0.1, 0.15) is 11.0 Å².